The second-order valence-electron chi connectivity index (χ2n) is 5.67. The topological polar surface area (TPSA) is 79.5 Å². The van der Waals surface area contributed by atoms with Gasteiger partial charge in [0, 0.05) is 20.1 Å². The van der Waals surface area contributed by atoms with E-state index in [1.54, 1.807) is 0 Å². The van der Waals surface area contributed by atoms with Crippen LogP contribution in [0, 0.1) is 5.41 Å². The third-order valence-corrected chi connectivity index (χ3v) is 5.50. The van der Waals surface area contributed by atoms with Crippen LogP contribution >= 0.6 is 0 Å². The zero-order valence-electron chi connectivity index (χ0n) is 11.5. The molecule has 1 aliphatic rings. The molecule has 0 saturated carbocycles. The van der Waals surface area contributed by atoms with Gasteiger partial charge >= 0.3 is 0 Å². The van der Waals surface area contributed by atoms with Crippen LogP contribution in [0.2, 0.25) is 0 Å². The summed E-state index contributed by atoms with van der Waals surface area (Å²) in [6.45, 7) is 5.58. The first-order valence-electron chi connectivity index (χ1n) is 6.28. The summed E-state index contributed by atoms with van der Waals surface area (Å²) in [5.41, 5.74) is 0.220. The number of nitrogens with zero attached hydrogens (tertiary/aromatic N) is 4. The van der Waals surface area contributed by atoms with E-state index in [4.69, 9.17) is 0 Å². The standard InChI is InChI=1S/C11H20N4O3S/c1-11(2)4-6-15(7-5-11)19(16,17)14(3)8-10-12-9-18-13-10/h9H,4-8H2,1-3H3. The zero-order valence-corrected chi connectivity index (χ0v) is 12.4. The summed E-state index contributed by atoms with van der Waals surface area (Å²) in [6.07, 6.45) is 2.95. The molecule has 7 nitrogen and oxygen atoms in total. The van der Waals surface area contributed by atoms with Crippen LogP contribution in [0.25, 0.3) is 0 Å². The predicted octanol–water partition coefficient (Wildman–Crippen LogP) is 0.868. The van der Waals surface area contributed by atoms with E-state index >= 15 is 0 Å². The third-order valence-electron chi connectivity index (χ3n) is 3.57. The summed E-state index contributed by atoms with van der Waals surface area (Å²) in [7, 11) is -1.91. The molecule has 19 heavy (non-hydrogen) atoms. The largest absolute Gasteiger partial charge is 0.343 e. The molecule has 0 aliphatic carbocycles. The molecule has 2 heterocycles. The van der Waals surface area contributed by atoms with Crippen LogP contribution in [0.4, 0.5) is 0 Å². The van der Waals surface area contributed by atoms with Gasteiger partial charge in [0.15, 0.2) is 5.82 Å². The molecule has 1 saturated heterocycles. The van der Waals surface area contributed by atoms with E-state index in [9.17, 15) is 8.42 Å². The Morgan fingerprint density at radius 2 is 2.05 bits per heavy atom. The molecule has 0 radical (unpaired) electrons. The van der Waals surface area contributed by atoms with Crippen molar-refractivity contribution < 1.29 is 12.9 Å². The van der Waals surface area contributed by atoms with Crippen molar-refractivity contribution in [2.75, 3.05) is 20.1 Å². The summed E-state index contributed by atoms with van der Waals surface area (Å²) in [5.74, 6) is 0.364. The highest BCUT2D eigenvalue weighted by atomic mass is 32.2. The number of rotatable bonds is 4. The van der Waals surface area contributed by atoms with Crippen molar-refractivity contribution in [3.05, 3.63) is 12.2 Å². The van der Waals surface area contributed by atoms with Crippen LogP contribution in [-0.2, 0) is 16.8 Å². The van der Waals surface area contributed by atoms with Crippen molar-refractivity contribution in [2.45, 2.75) is 33.2 Å². The van der Waals surface area contributed by atoms with Gasteiger partial charge in [0.25, 0.3) is 10.2 Å². The third kappa shape index (κ3) is 3.31. The minimum atomic E-state index is -3.44. The van der Waals surface area contributed by atoms with E-state index in [0.717, 1.165) is 12.8 Å². The lowest BCUT2D eigenvalue weighted by Gasteiger charge is -2.37. The van der Waals surface area contributed by atoms with Crippen molar-refractivity contribution in [1.29, 1.82) is 0 Å². The Bertz CT molecular complexity index is 502. The number of aromatic nitrogens is 2. The first-order valence-corrected chi connectivity index (χ1v) is 7.68. The van der Waals surface area contributed by atoms with E-state index in [-0.39, 0.29) is 12.0 Å². The lowest BCUT2D eigenvalue weighted by Crippen LogP contribution is -2.47. The van der Waals surface area contributed by atoms with Gasteiger partial charge in [-0.1, -0.05) is 19.0 Å². The van der Waals surface area contributed by atoms with Gasteiger partial charge < -0.3 is 4.52 Å². The average Bonchev–Trinajstić information content (AvgIpc) is 2.81. The van der Waals surface area contributed by atoms with E-state index in [2.05, 4.69) is 28.5 Å². The molecule has 1 aliphatic heterocycles. The summed E-state index contributed by atoms with van der Waals surface area (Å²) in [6, 6.07) is 0. The smallest absolute Gasteiger partial charge is 0.282 e. The molecule has 0 spiro atoms. The van der Waals surface area contributed by atoms with E-state index in [0.29, 0.717) is 18.9 Å². The molecule has 0 atom stereocenters. The Balaban J connectivity index is 2.02. The van der Waals surface area contributed by atoms with Crippen LogP contribution in [0.3, 0.4) is 0 Å². The molecule has 0 amide bonds. The predicted molar refractivity (Wildman–Crippen MR) is 69.3 cm³/mol. The maximum atomic E-state index is 12.4. The number of hydrogen-bond acceptors (Lipinski definition) is 5. The molecule has 0 N–H and O–H groups in total. The SMILES string of the molecule is CN(Cc1ncon1)S(=O)(=O)N1CCC(C)(C)CC1. The van der Waals surface area contributed by atoms with Crippen molar-refractivity contribution in [2.24, 2.45) is 5.41 Å². The molecule has 0 bridgehead atoms. The fourth-order valence-corrected chi connectivity index (χ4v) is 3.38. The van der Waals surface area contributed by atoms with Gasteiger partial charge in [0.2, 0.25) is 6.39 Å². The van der Waals surface area contributed by atoms with E-state index in [1.807, 2.05) is 0 Å². The summed E-state index contributed by atoms with van der Waals surface area (Å²) < 4.78 is 32.2. The van der Waals surface area contributed by atoms with Crippen molar-refractivity contribution in [3.8, 4) is 0 Å². The number of hydrogen-bond donors (Lipinski definition) is 0. The Kier molecular flexibility index (Phi) is 3.93. The fraction of sp³-hybridized carbons (Fsp3) is 0.818. The van der Waals surface area contributed by atoms with Gasteiger partial charge in [-0.3, -0.25) is 0 Å². The molecule has 0 unspecified atom stereocenters. The lowest BCUT2D eigenvalue weighted by atomic mass is 9.83. The van der Waals surface area contributed by atoms with Gasteiger partial charge in [0.05, 0.1) is 6.54 Å². The summed E-state index contributed by atoms with van der Waals surface area (Å²) in [5, 5.41) is 3.63. The Labute approximate surface area is 113 Å². The fourth-order valence-electron chi connectivity index (χ4n) is 2.06. The van der Waals surface area contributed by atoms with E-state index < -0.39 is 10.2 Å². The van der Waals surface area contributed by atoms with Crippen molar-refractivity contribution in [1.82, 2.24) is 18.8 Å². The minimum Gasteiger partial charge on any atom is -0.343 e. The molecule has 2 rings (SSSR count). The maximum absolute atomic E-state index is 12.4. The summed E-state index contributed by atoms with van der Waals surface area (Å²) >= 11 is 0. The zero-order chi connectivity index (χ0) is 14.1. The molecular formula is C11H20N4O3S. The second kappa shape index (κ2) is 5.18. The normalized spacial score (nSPS) is 20.8. The highest BCUT2D eigenvalue weighted by molar-refractivity contribution is 7.86. The van der Waals surface area contributed by atoms with Crippen LogP contribution in [0.5, 0.6) is 0 Å². The van der Waals surface area contributed by atoms with Gasteiger partial charge in [-0.15, -0.1) is 0 Å². The van der Waals surface area contributed by atoms with Crippen LogP contribution in [-0.4, -0.2) is 47.3 Å². The second-order valence-corrected chi connectivity index (χ2v) is 7.71. The Morgan fingerprint density at radius 1 is 1.42 bits per heavy atom. The molecule has 1 aromatic rings. The summed E-state index contributed by atoms with van der Waals surface area (Å²) in [4.78, 5) is 3.84. The average molecular weight is 288 g/mol. The van der Waals surface area contributed by atoms with E-state index in [1.165, 1.54) is 22.1 Å². The Morgan fingerprint density at radius 3 is 2.58 bits per heavy atom. The molecule has 1 aromatic heterocycles. The van der Waals surface area contributed by atoms with Crippen molar-refractivity contribution in [3.63, 3.8) is 0 Å². The maximum Gasteiger partial charge on any atom is 0.282 e. The molecule has 8 heteroatoms. The van der Waals surface area contributed by atoms with Gasteiger partial charge in [-0.25, -0.2) is 0 Å². The highest BCUT2D eigenvalue weighted by Crippen LogP contribution is 2.31. The highest BCUT2D eigenvalue weighted by Gasteiger charge is 2.34. The molecular weight excluding hydrogens is 268 g/mol. The van der Waals surface area contributed by atoms with Gasteiger partial charge in [-0.05, 0) is 18.3 Å². The van der Waals surface area contributed by atoms with Gasteiger partial charge in [-0.2, -0.15) is 22.0 Å². The van der Waals surface area contributed by atoms with Gasteiger partial charge in [0.1, 0.15) is 0 Å². The minimum absolute atomic E-state index is 0.124. The first kappa shape index (κ1) is 14.4. The number of piperidine rings is 1. The molecule has 1 fully saturated rings. The molecule has 108 valence electrons. The van der Waals surface area contributed by atoms with Crippen LogP contribution in [0.1, 0.15) is 32.5 Å². The van der Waals surface area contributed by atoms with Crippen LogP contribution < -0.4 is 0 Å². The Hall–Kier alpha value is -0.990. The monoisotopic (exact) mass is 288 g/mol. The first-order chi connectivity index (χ1) is 8.81. The van der Waals surface area contributed by atoms with Crippen molar-refractivity contribution >= 4 is 10.2 Å². The lowest BCUT2D eigenvalue weighted by molar-refractivity contribution is 0.188. The quantitative estimate of drug-likeness (QED) is 0.821. The van der Waals surface area contributed by atoms with Crippen LogP contribution in [0.15, 0.2) is 10.9 Å². The molecule has 0 aromatic carbocycles.